The molecule has 2 aromatic rings. The monoisotopic (exact) mass is 834 g/mol. The van der Waals surface area contributed by atoms with Gasteiger partial charge in [0.05, 0.1) is 6.04 Å². The minimum absolute atomic E-state index is 0.0467. The highest BCUT2D eigenvalue weighted by Gasteiger charge is 2.38. The fourth-order valence-electron chi connectivity index (χ4n) is 5.44. The van der Waals surface area contributed by atoms with Crippen molar-refractivity contribution in [1.82, 2.24) is 31.9 Å². The Balaban J connectivity index is 0.00000227. The summed E-state index contributed by atoms with van der Waals surface area (Å²) in [5.74, 6) is -7.68. The number of benzene rings is 2. The van der Waals surface area contributed by atoms with Crippen molar-refractivity contribution in [3.8, 4) is 0 Å². The van der Waals surface area contributed by atoms with Gasteiger partial charge in [-0.1, -0.05) is 88.4 Å². The molecule has 15 nitrogen and oxygen atoms in total. The smallest absolute Gasteiger partial charge is 0.475 e. The zero-order chi connectivity index (χ0) is 44.9. The predicted octanol–water partition coefficient (Wildman–Crippen LogP) is 2.76. The lowest BCUT2D eigenvalue weighted by Gasteiger charge is -2.28. The number of halogens is 3. The van der Waals surface area contributed by atoms with Gasteiger partial charge in [-0.2, -0.15) is 13.2 Å². The predicted molar refractivity (Wildman–Crippen MR) is 212 cm³/mol. The number of aryl methyl sites for hydroxylation is 1. The maximum atomic E-state index is 13.8. The van der Waals surface area contributed by atoms with Crippen molar-refractivity contribution in [3.63, 3.8) is 0 Å². The van der Waals surface area contributed by atoms with Crippen LogP contribution < -0.4 is 31.9 Å². The maximum absolute atomic E-state index is 13.8. The summed E-state index contributed by atoms with van der Waals surface area (Å²) in [5.41, 5.74) is 1.93. The van der Waals surface area contributed by atoms with Crippen LogP contribution in [0.15, 0.2) is 60.7 Å². The van der Waals surface area contributed by atoms with E-state index in [1.807, 2.05) is 50.2 Å². The number of unbranched alkanes of at least 4 members (excludes halogenated alkanes) is 1. The van der Waals surface area contributed by atoms with Crippen LogP contribution in [0.5, 0.6) is 0 Å². The van der Waals surface area contributed by atoms with Crippen molar-refractivity contribution in [2.45, 2.75) is 117 Å². The molecule has 0 fully saturated rings. The van der Waals surface area contributed by atoms with E-state index in [4.69, 9.17) is 9.90 Å². The Labute approximate surface area is 342 Å². The highest BCUT2D eigenvalue weighted by Crippen LogP contribution is 2.13. The third kappa shape index (κ3) is 20.4. The molecule has 2 aromatic carbocycles. The molecule has 0 saturated carbocycles. The standard InChI is InChI=1S/C39H56N6O7.C2HF3O2/c1-24(2)22-31(36(49)42-26(5)34(47)39(52)40-21-15-14-18-29-16-10-8-11-17-29)43-37(50)32(23-30-19-12-9-13-20-30)44-38(51)33(25(3)4)45-35(48)27(6)41-28(7)46;3-2(4,5)1(6)7/h8-13,16-17,19-20,24-27,31-33H,14-15,18,21-23H2,1-7H3,(H,40,52)(H,41,46)(H,42,49)(H,43,50)(H,44,51)(H,45,48);(H,6,7)/t26-,27-,31-,32-,33-;/m0./s1. The van der Waals surface area contributed by atoms with Gasteiger partial charge in [0.2, 0.25) is 35.3 Å². The van der Waals surface area contributed by atoms with Crippen LogP contribution in [-0.4, -0.2) is 95.2 Å². The molecule has 0 aliphatic heterocycles. The number of hydrogen-bond acceptors (Lipinski definition) is 8. The van der Waals surface area contributed by atoms with Gasteiger partial charge in [0.15, 0.2) is 0 Å². The van der Waals surface area contributed by atoms with Gasteiger partial charge < -0.3 is 37.0 Å². The number of carboxylic acids is 1. The van der Waals surface area contributed by atoms with Crippen LogP contribution in [0, 0.1) is 11.8 Å². The van der Waals surface area contributed by atoms with Gasteiger partial charge in [-0.05, 0) is 62.5 Å². The number of carboxylic acid groups (broad SMARTS) is 1. The minimum Gasteiger partial charge on any atom is -0.475 e. The number of alkyl halides is 3. The van der Waals surface area contributed by atoms with Crippen molar-refractivity contribution in [2.75, 3.05) is 6.54 Å². The quantitative estimate of drug-likeness (QED) is 0.0724. The first-order valence-electron chi connectivity index (χ1n) is 19.2. The summed E-state index contributed by atoms with van der Waals surface area (Å²) in [7, 11) is 0. The van der Waals surface area contributed by atoms with Gasteiger partial charge in [-0.3, -0.25) is 33.6 Å². The van der Waals surface area contributed by atoms with Gasteiger partial charge in [0.1, 0.15) is 24.2 Å². The summed E-state index contributed by atoms with van der Waals surface area (Å²) in [5, 5.41) is 23.0. The molecule has 0 radical (unpaired) electrons. The Bertz CT molecular complexity index is 1710. The van der Waals surface area contributed by atoms with Crippen LogP contribution in [0.4, 0.5) is 13.2 Å². The van der Waals surface area contributed by atoms with Crippen LogP contribution in [-0.2, 0) is 51.2 Å². The van der Waals surface area contributed by atoms with E-state index in [2.05, 4.69) is 31.9 Å². The molecule has 0 unspecified atom stereocenters. The summed E-state index contributed by atoms with van der Waals surface area (Å²) in [6.07, 6.45) is -2.43. The number of aliphatic carboxylic acids is 1. The first-order valence-corrected chi connectivity index (χ1v) is 19.2. The third-order valence-electron chi connectivity index (χ3n) is 8.55. The lowest BCUT2D eigenvalue weighted by molar-refractivity contribution is -0.192. The fourth-order valence-corrected chi connectivity index (χ4v) is 5.44. The largest absolute Gasteiger partial charge is 0.490 e. The van der Waals surface area contributed by atoms with Crippen molar-refractivity contribution >= 4 is 47.2 Å². The zero-order valence-electron chi connectivity index (χ0n) is 34.4. The molecular weight excluding hydrogens is 777 g/mol. The van der Waals surface area contributed by atoms with E-state index in [0.717, 1.165) is 18.4 Å². The molecular formula is C41H57F3N6O9. The van der Waals surface area contributed by atoms with E-state index >= 15 is 0 Å². The molecule has 59 heavy (non-hydrogen) atoms. The average Bonchev–Trinajstić information content (AvgIpc) is 3.15. The number of Topliss-reactive ketones (excluding diaryl/α,β-unsaturated/α-hetero) is 1. The van der Waals surface area contributed by atoms with Gasteiger partial charge in [-0.15, -0.1) is 0 Å². The molecule has 0 saturated heterocycles. The summed E-state index contributed by atoms with van der Waals surface area (Å²) in [4.78, 5) is 99.4. The molecule has 5 atom stereocenters. The molecule has 6 amide bonds. The molecule has 0 aromatic heterocycles. The molecule has 18 heteroatoms. The number of amides is 6. The molecule has 0 aliphatic rings. The first kappa shape index (κ1) is 51.2. The van der Waals surface area contributed by atoms with Crippen LogP contribution in [0.25, 0.3) is 0 Å². The molecule has 2 rings (SSSR count). The molecule has 0 bridgehead atoms. The summed E-state index contributed by atoms with van der Waals surface area (Å²) >= 11 is 0. The topological polar surface area (TPSA) is 229 Å². The van der Waals surface area contributed by atoms with Crippen LogP contribution in [0.3, 0.4) is 0 Å². The van der Waals surface area contributed by atoms with Crippen molar-refractivity contribution in [1.29, 1.82) is 0 Å². The Morgan fingerprint density at radius 3 is 1.63 bits per heavy atom. The average molecular weight is 835 g/mol. The van der Waals surface area contributed by atoms with Crippen molar-refractivity contribution in [2.24, 2.45) is 11.8 Å². The van der Waals surface area contributed by atoms with E-state index in [1.165, 1.54) is 26.3 Å². The maximum Gasteiger partial charge on any atom is 0.490 e. The second-order valence-electron chi connectivity index (χ2n) is 14.7. The van der Waals surface area contributed by atoms with Crippen LogP contribution in [0.2, 0.25) is 0 Å². The van der Waals surface area contributed by atoms with Crippen LogP contribution >= 0.6 is 0 Å². The lowest BCUT2D eigenvalue weighted by Crippen LogP contribution is -2.60. The van der Waals surface area contributed by atoms with Gasteiger partial charge in [0.25, 0.3) is 5.91 Å². The Morgan fingerprint density at radius 2 is 1.14 bits per heavy atom. The van der Waals surface area contributed by atoms with E-state index in [1.54, 1.807) is 38.1 Å². The van der Waals surface area contributed by atoms with E-state index in [0.29, 0.717) is 13.0 Å². The van der Waals surface area contributed by atoms with E-state index in [9.17, 15) is 46.7 Å². The second kappa shape index (κ2) is 25.5. The normalized spacial score (nSPS) is 13.6. The fraction of sp³-hybridized carbons (Fsp3) is 0.512. The molecule has 326 valence electrons. The minimum atomic E-state index is -5.08. The van der Waals surface area contributed by atoms with Crippen molar-refractivity contribution in [3.05, 3.63) is 71.8 Å². The van der Waals surface area contributed by atoms with Crippen LogP contribution in [0.1, 0.15) is 78.9 Å². The Morgan fingerprint density at radius 1 is 0.627 bits per heavy atom. The second-order valence-corrected chi connectivity index (χ2v) is 14.7. The highest BCUT2D eigenvalue weighted by molar-refractivity contribution is 6.38. The Hall–Kier alpha value is -5.81. The molecule has 0 aliphatic carbocycles. The van der Waals surface area contributed by atoms with E-state index < -0.39 is 83.6 Å². The summed E-state index contributed by atoms with van der Waals surface area (Å²) in [6.45, 7) is 11.7. The van der Waals surface area contributed by atoms with Gasteiger partial charge in [-0.25, -0.2) is 4.79 Å². The van der Waals surface area contributed by atoms with E-state index in [-0.39, 0.29) is 24.7 Å². The number of rotatable bonds is 21. The Kier molecular flexibility index (Phi) is 22.2. The number of ketones is 1. The van der Waals surface area contributed by atoms with Gasteiger partial charge >= 0.3 is 12.1 Å². The number of nitrogens with one attached hydrogen (secondary N) is 6. The van der Waals surface area contributed by atoms with Gasteiger partial charge in [0, 0.05) is 19.9 Å². The number of hydrogen-bond donors (Lipinski definition) is 7. The molecule has 7 N–H and O–H groups in total. The third-order valence-corrected chi connectivity index (χ3v) is 8.55. The summed E-state index contributed by atoms with van der Waals surface area (Å²) in [6, 6.07) is 13.6. The number of carbonyl (C=O) groups excluding carboxylic acids is 7. The zero-order valence-corrected chi connectivity index (χ0v) is 34.4. The number of carbonyl (C=O) groups is 8. The first-order chi connectivity index (χ1) is 27.5. The molecule has 0 spiro atoms. The highest BCUT2D eigenvalue weighted by atomic mass is 19.4. The molecule has 0 heterocycles. The summed E-state index contributed by atoms with van der Waals surface area (Å²) < 4.78 is 31.7. The lowest BCUT2D eigenvalue weighted by atomic mass is 9.99. The van der Waals surface area contributed by atoms with Crippen molar-refractivity contribution < 1.29 is 56.6 Å². The SMILES string of the molecule is CC(=O)N[C@@H](C)C(=O)N[C@H](C(=O)N[C@@H](Cc1ccccc1)C(=O)N[C@@H](CC(C)C)C(=O)N[C@@H](C)C(=O)C(=O)NCCCCc1ccccc1)C(C)C.O=C(O)C(F)(F)F.